The smallest absolute Gasteiger partial charge is 0.265 e. The van der Waals surface area contributed by atoms with Gasteiger partial charge in [0.2, 0.25) is 5.78 Å². The third-order valence-electron chi connectivity index (χ3n) is 2.89. The molecule has 0 aliphatic rings. The molecule has 0 atom stereocenters. The molecular formula is C15H10ClN3O3S. The Labute approximate surface area is 140 Å². The number of benzene rings is 1. The lowest BCUT2D eigenvalue weighted by Crippen LogP contribution is -2.17. The van der Waals surface area contributed by atoms with Crippen LogP contribution in [0, 0.1) is 0 Å². The molecule has 116 valence electrons. The van der Waals surface area contributed by atoms with E-state index < -0.39 is 11.6 Å². The van der Waals surface area contributed by atoms with Gasteiger partial charge in [-0.1, -0.05) is 29.4 Å². The summed E-state index contributed by atoms with van der Waals surface area (Å²) in [6.07, 6.45) is 2.58. The molecule has 0 fully saturated rings. The SMILES string of the molecule is O=C(Cc1coc(Sc2cccc(Cl)c2)c1)C(=O)c1ncn[nH]1. The lowest BCUT2D eigenvalue weighted by Gasteiger charge is -1.97. The lowest BCUT2D eigenvalue weighted by molar-refractivity contribution is -0.114. The number of hydrogen-bond donors (Lipinski definition) is 1. The number of hydrogen-bond acceptors (Lipinski definition) is 6. The van der Waals surface area contributed by atoms with Crippen molar-refractivity contribution in [2.75, 3.05) is 0 Å². The van der Waals surface area contributed by atoms with Gasteiger partial charge in [-0.3, -0.25) is 14.7 Å². The number of aromatic amines is 1. The Bertz CT molecular complexity index is 845. The first-order chi connectivity index (χ1) is 11.1. The second-order valence-corrected chi connectivity index (χ2v) is 6.11. The second kappa shape index (κ2) is 6.80. The molecule has 1 aromatic carbocycles. The highest BCUT2D eigenvalue weighted by atomic mass is 35.5. The van der Waals surface area contributed by atoms with Crippen LogP contribution in [0.2, 0.25) is 5.02 Å². The zero-order valence-electron chi connectivity index (χ0n) is 11.7. The van der Waals surface area contributed by atoms with Crippen LogP contribution in [0.4, 0.5) is 0 Å². The van der Waals surface area contributed by atoms with Crippen LogP contribution in [0.1, 0.15) is 16.2 Å². The summed E-state index contributed by atoms with van der Waals surface area (Å²) in [5.41, 5.74) is 0.618. The minimum Gasteiger partial charge on any atom is -0.457 e. The molecule has 0 amide bonds. The Balaban J connectivity index is 1.65. The van der Waals surface area contributed by atoms with Gasteiger partial charge in [-0.25, -0.2) is 4.98 Å². The molecular weight excluding hydrogens is 338 g/mol. The van der Waals surface area contributed by atoms with Gasteiger partial charge >= 0.3 is 0 Å². The molecule has 0 aliphatic carbocycles. The first-order valence-electron chi connectivity index (χ1n) is 6.55. The fraction of sp³-hybridized carbons (Fsp3) is 0.0667. The summed E-state index contributed by atoms with van der Waals surface area (Å²) < 4.78 is 5.40. The van der Waals surface area contributed by atoms with Crippen LogP contribution >= 0.6 is 23.4 Å². The standard InChI is InChI=1S/C15H10ClN3O3S/c16-10-2-1-3-11(6-10)23-13-5-9(7-22-13)4-12(20)14(21)15-17-8-18-19-15/h1-3,5-8H,4H2,(H,17,18,19). The molecule has 3 rings (SSSR count). The molecule has 6 nitrogen and oxygen atoms in total. The zero-order valence-corrected chi connectivity index (χ0v) is 13.2. The van der Waals surface area contributed by atoms with Crippen LogP contribution in [-0.2, 0) is 11.2 Å². The minimum absolute atomic E-state index is 0.0564. The van der Waals surface area contributed by atoms with Crippen LogP contribution in [-0.4, -0.2) is 26.7 Å². The van der Waals surface area contributed by atoms with Gasteiger partial charge in [0.1, 0.15) is 6.33 Å². The topological polar surface area (TPSA) is 88.8 Å². The average molecular weight is 348 g/mol. The number of halogens is 1. The van der Waals surface area contributed by atoms with Gasteiger partial charge in [-0.2, -0.15) is 5.10 Å². The van der Waals surface area contributed by atoms with E-state index in [4.69, 9.17) is 16.0 Å². The van der Waals surface area contributed by atoms with Crippen molar-refractivity contribution in [3.8, 4) is 0 Å². The highest BCUT2D eigenvalue weighted by Crippen LogP contribution is 2.30. The van der Waals surface area contributed by atoms with E-state index in [1.807, 2.05) is 18.2 Å². The van der Waals surface area contributed by atoms with Crippen LogP contribution < -0.4 is 0 Å². The van der Waals surface area contributed by atoms with Crippen molar-refractivity contribution < 1.29 is 14.0 Å². The summed E-state index contributed by atoms with van der Waals surface area (Å²) >= 11 is 7.31. The summed E-state index contributed by atoms with van der Waals surface area (Å²) in [5.74, 6) is -1.35. The van der Waals surface area contributed by atoms with Crippen LogP contribution in [0.5, 0.6) is 0 Å². The first-order valence-corrected chi connectivity index (χ1v) is 7.75. The molecule has 3 aromatic rings. The quantitative estimate of drug-likeness (QED) is 0.544. The number of nitrogens with one attached hydrogen (secondary N) is 1. The van der Waals surface area contributed by atoms with E-state index in [1.54, 1.807) is 12.1 Å². The van der Waals surface area contributed by atoms with Gasteiger partial charge < -0.3 is 4.42 Å². The molecule has 2 heterocycles. The largest absolute Gasteiger partial charge is 0.457 e. The molecule has 0 spiro atoms. The molecule has 8 heteroatoms. The van der Waals surface area contributed by atoms with Crippen LogP contribution in [0.25, 0.3) is 0 Å². The van der Waals surface area contributed by atoms with E-state index in [0.29, 0.717) is 15.7 Å². The van der Waals surface area contributed by atoms with E-state index in [1.165, 1.54) is 24.4 Å². The van der Waals surface area contributed by atoms with Crippen molar-refractivity contribution >= 4 is 34.9 Å². The van der Waals surface area contributed by atoms with Crippen molar-refractivity contribution in [1.29, 1.82) is 0 Å². The maximum absolute atomic E-state index is 11.9. The molecule has 0 radical (unpaired) electrons. The molecule has 0 saturated heterocycles. The van der Waals surface area contributed by atoms with Crippen LogP contribution in [0.15, 0.2) is 57.3 Å². The monoisotopic (exact) mass is 347 g/mol. The van der Waals surface area contributed by atoms with E-state index >= 15 is 0 Å². The Morgan fingerprint density at radius 2 is 2.17 bits per heavy atom. The second-order valence-electron chi connectivity index (χ2n) is 4.60. The predicted molar refractivity (Wildman–Crippen MR) is 83.7 cm³/mol. The molecule has 23 heavy (non-hydrogen) atoms. The maximum atomic E-state index is 11.9. The number of ketones is 2. The number of furan rings is 1. The fourth-order valence-corrected chi connectivity index (χ4v) is 2.98. The number of H-pyrrole nitrogens is 1. The first kappa shape index (κ1) is 15.5. The molecule has 0 bridgehead atoms. The Hall–Kier alpha value is -2.38. The van der Waals surface area contributed by atoms with Crippen LogP contribution in [0.3, 0.4) is 0 Å². The van der Waals surface area contributed by atoms with E-state index in [0.717, 1.165) is 4.90 Å². The van der Waals surface area contributed by atoms with Gasteiger partial charge in [0.15, 0.2) is 10.9 Å². The van der Waals surface area contributed by atoms with E-state index in [2.05, 4.69) is 15.2 Å². The molecule has 0 saturated carbocycles. The highest BCUT2D eigenvalue weighted by Gasteiger charge is 2.20. The van der Waals surface area contributed by atoms with Gasteiger partial charge in [0.05, 0.1) is 6.26 Å². The number of carbonyl (C=O) groups excluding carboxylic acids is 2. The Morgan fingerprint density at radius 3 is 2.91 bits per heavy atom. The molecule has 0 aliphatic heterocycles. The predicted octanol–water partition coefficient (Wildman–Crippen LogP) is 3.20. The van der Waals surface area contributed by atoms with Gasteiger partial charge in [0, 0.05) is 16.3 Å². The summed E-state index contributed by atoms with van der Waals surface area (Å²) in [6.45, 7) is 0. The third-order valence-corrected chi connectivity index (χ3v) is 4.03. The zero-order chi connectivity index (χ0) is 16.2. The number of carbonyl (C=O) groups is 2. The number of aromatic nitrogens is 3. The molecule has 1 N–H and O–H groups in total. The van der Waals surface area contributed by atoms with Crippen molar-refractivity contribution in [1.82, 2.24) is 15.2 Å². The van der Waals surface area contributed by atoms with Crippen molar-refractivity contribution in [3.63, 3.8) is 0 Å². The Morgan fingerprint density at radius 1 is 1.30 bits per heavy atom. The normalized spacial score (nSPS) is 10.7. The summed E-state index contributed by atoms with van der Waals surface area (Å²) in [5, 5.41) is 7.17. The number of rotatable bonds is 6. The molecule has 0 unspecified atom stereocenters. The van der Waals surface area contributed by atoms with E-state index in [-0.39, 0.29) is 12.2 Å². The number of Topliss-reactive ketones (excluding diaryl/α,β-unsaturated/α-hetero) is 2. The summed E-state index contributed by atoms with van der Waals surface area (Å²) in [4.78, 5) is 28.3. The molecule has 2 aromatic heterocycles. The van der Waals surface area contributed by atoms with Crippen molar-refractivity contribution in [2.24, 2.45) is 0 Å². The fourth-order valence-electron chi connectivity index (χ4n) is 1.86. The summed E-state index contributed by atoms with van der Waals surface area (Å²) in [6, 6.07) is 9.06. The van der Waals surface area contributed by atoms with Crippen molar-refractivity contribution in [3.05, 3.63) is 59.3 Å². The van der Waals surface area contributed by atoms with Gasteiger partial charge in [-0.15, -0.1) is 0 Å². The third kappa shape index (κ3) is 3.88. The summed E-state index contributed by atoms with van der Waals surface area (Å²) in [7, 11) is 0. The number of nitrogens with zero attached hydrogens (tertiary/aromatic N) is 2. The van der Waals surface area contributed by atoms with Crippen molar-refractivity contribution in [2.45, 2.75) is 16.4 Å². The average Bonchev–Trinajstić information content (AvgIpc) is 3.18. The minimum atomic E-state index is -0.701. The van der Waals surface area contributed by atoms with Gasteiger partial charge in [0.25, 0.3) is 5.78 Å². The Kier molecular flexibility index (Phi) is 4.59. The van der Waals surface area contributed by atoms with E-state index in [9.17, 15) is 9.59 Å². The van der Waals surface area contributed by atoms with Gasteiger partial charge in [-0.05, 0) is 29.8 Å². The maximum Gasteiger partial charge on any atom is 0.265 e. The highest BCUT2D eigenvalue weighted by molar-refractivity contribution is 7.99. The lowest BCUT2D eigenvalue weighted by atomic mass is 10.1.